The summed E-state index contributed by atoms with van der Waals surface area (Å²) in [7, 11) is 0. The highest BCUT2D eigenvalue weighted by molar-refractivity contribution is 5.83. The molecular weight excluding hydrogens is 376 g/mol. The second-order valence-corrected chi connectivity index (χ2v) is 7.60. The number of fused-ring (bicyclic) bond motifs is 1. The number of likely N-dealkylation sites (tertiary alicyclic amines) is 2. The van der Waals surface area contributed by atoms with E-state index in [2.05, 4.69) is 15.1 Å². The van der Waals surface area contributed by atoms with Crippen LogP contribution < -0.4 is 5.69 Å². The first-order valence-corrected chi connectivity index (χ1v) is 9.83. The lowest BCUT2D eigenvalue weighted by Crippen LogP contribution is -2.42. The Balaban J connectivity index is 1.47. The maximum absolute atomic E-state index is 12.9. The Morgan fingerprint density at radius 3 is 2.72 bits per heavy atom. The Hall–Kier alpha value is -3.04. The first kappa shape index (κ1) is 19.3. The first-order chi connectivity index (χ1) is 13.9. The van der Waals surface area contributed by atoms with Crippen LogP contribution in [0.5, 0.6) is 0 Å². The Bertz CT molecular complexity index is 1010. The van der Waals surface area contributed by atoms with E-state index in [1.165, 1.54) is 4.57 Å². The molecule has 154 valence electrons. The summed E-state index contributed by atoms with van der Waals surface area (Å²) in [5.74, 6) is 0.820. The zero-order valence-corrected chi connectivity index (χ0v) is 16.8. The number of hydrogen-bond acceptors (Lipinski definition) is 7. The van der Waals surface area contributed by atoms with Crippen LogP contribution in [0.2, 0.25) is 0 Å². The molecule has 2 aliphatic heterocycles. The molecular formula is C19H24N6O4. The van der Waals surface area contributed by atoms with Crippen molar-refractivity contribution < 1.29 is 14.1 Å². The summed E-state index contributed by atoms with van der Waals surface area (Å²) >= 11 is 0. The van der Waals surface area contributed by atoms with Gasteiger partial charge in [-0.3, -0.25) is 14.2 Å². The topological polar surface area (TPSA) is 114 Å². The maximum atomic E-state index is 12.9. The fraction of sp³-hybridized carbons (Fsp3) is 0.579. The summed E-state index contributed by atoms with van der Waals surface area (Å²) in [6.07, 6.45) is 1.63. The van der Waals surface area contributed by atoms with Gasteiger partial charge in [0.2, 0.25) is 17.7 Å². The number of aromatic nitrogens is 4. The summed E-state index contributed by atoms with van der Waals surface area (Å²) < 4.78 is 6.60. The Morgan fingerprint density at radius 1 is 1.24 bits per heavy atom. The Morgan fingerprint density at radius 2 is 2.03 bits per heavy atom. The van der Waals surface area contributed by atoms with Gasteiger partial charge in [0, 0.05) is 30.8 Å². The zero-order chi connectivity index (χ0) is 20.7. The van der Waals surface area contributed by atoms with Crippen molar-refractivity contribution in [3.8, 4) is 0 Å². The molecule has 0 radical (unpaired) electrons. The van der Waals surface area contributed by atoms with E-state index in [0.29, 0.717) is 42.5 Å². The van der Waals surface area contributed by atoms with E-state index < -0.39 is 5.69 Å². The standard InChI is InChI=1S/C19H24N6O4/c1-4-15-21-16(29-22-15)9-25-13-5-6-23(14(13)8-17(25)26)18(27)10-24-12(3)7-11(2)20-19(24)28/h7,13-14H,4-6,8-10H2,1-3H3/t13-,14-/m0/s1. The highest BCUT2D eigenvalue weighted by atomic mass is 16.5. The molecule has 0 saturated carbocycles. The number of hydrogen-bond donors (Lipinski definition) is 0. The van der Waals surface area contributed by atoms with Gasteiger partial charge in [0.1, 0.15) is 13.1 Å². The van der Waals surface area contributed by atoms with Crippen LogP contribution >= 0.6 is 0 Å². The fourth-order valence-electron chi connectivity index (χ4n) is 4.28. The smallest absolute Gasteiger partial charge is 0.337 e. The van der Waals surface area contributed by atoms with Gasteiger partial charge < -0.3 is 14.3 Å². The van der Waals surface area contributed by atoms with Gasteiger partial charge in [-0.15, -0.1) is 0 Å². The van der Waals surface area contributed by atoms with E-state index in [9.17, 15) is 14.4 Å². The Kier molecular flexibility index (Phi) is 4.93. The molecule has 0 N–H and O–H groups in total. The van der Waals surface area contributed by atoms with Crippen LogP contribution in [-0.4, -0.2) is 59.9 Å². The van der Waals surface area contributed by atoms with E-state index >= 15 is 0 Å². The second-order valence-electron chi connectivity index (χ2n) is 7.60. The largest absolute Gasteiger partial charge is 0.348 e. The lowest BCUT2D eigenvalue weighted by Gasteiger charge is -2.25. The van der Waals surface area contributed by atoms with Crippen molar-refractivity contribution in [3.05, 3.63) is 39.7 Å². The van der Waals surface area contributed by atoms with Crippen molar-refractivity contribution >= 4 is 11.8 Å². The lowest BCUT2D eigenvalue weighted by molar-refractivity contribution is -0.133. The normalized spacial score (nSPS) is 21.1. The number of carbonyl (C=O) groups is 2. The average Bonchev–Trinajstić information content (AvgIpc) is 3.35. The molecule has 0 aliphatic carbocycles. The third kappa shape index (κ3) is 3.54. The van der Waals surface area contributed by atoms with E-state index in [4.69, 9.17) is 4.52 Å². The molecule has 10 heteroatoms. The molecule has 2 fully saturated rings. The minimum absolute atomic E-state index is 0.0286. The molecule has 0 bridgehead atoms. The van der Waals surface area contributed by atoms with Crippen molar-refractivity contribution in [2.24, 2.45) is 0 Å². The summed E-state index contributed by atoms with van der Waals surface area (Å²) in [5.41, 5.74) is 0.888. The van der Waals surface area contributed by atoms with E-state index in [1.807, 2.05) is 6.92 Å². The zero-order valence-electron chi connectivity index (χ0n) is 16.8. The van der Waals surface area contributed by atoms with Crippen LogP contribution in [0.15, 0.2) is 15.4 Å². The number of nitrogens with zero attached hydrogens (tertiary/aromatic N) is 6. The number of amides is 2. The number of aryl methyl sites for hydroxylation is 3. The van der Waals surface area contributed by atoms with Crippen molar-refractivity contribution in [3.63, 3.8) is 0 Å². The van der Waals surface area contributed by atoms with Crippen molar-refractivity contribution in [1.82, 2.24) is 29.5 Å². The molecule has 0 unspecified atom stereocenters. The minimum atomic E-state index is -0.432. The summed E-state index contributed by atoms with van der Waals surface area (Å²) in [6, 6.07) is 1.51. The van der Waals surface area contributed by atoms with Crippen LogP contribution in [-0.2, 0) is 29.1 Å². The number of carbonyl (C=O) groups excluding carboxylic acids is 2. The van der Waals surface area contributed by atoms with Crippen LogP contribution in [0.4, 0.5) is 0 Å². The van der Waals surface area contributed by atoms with Crippen molar-refractivity contribution in [2.75, 3.05) is 6.54 Å². The maximum Gasteiger partial charge on any atom is 0.348 e. The van der Waals surface area contributed by atoms with Crippen molar-refractivity contribution in [1.29, 1.82) is 0 Å². The molecule has 2 aliphatic rings. The lowest BCUT2D eigenvalue weighted by atomic mass is 10.1. The average molecular weight is 400 g/mol. The van der Waals surface area contributed by atoms with E-state index in [0.717, 1.165) is 0 Å². The molecule has 2 aromatic heterocycles. The molecule has 2 saturated heterocycles. The molecule has 4 rings (SSSR count). The second kappa shape index (κ2) is 7.41. The molecule has 29 heavy (non-hydrogen) atoms. The van der Waals surface area contributed by atoms with Gasteiger partial charge in [-0.1, -0.05) is 12.1 Å². The third-order valence-corrected chi connectivity index (χ3v) is 5.71. The predicted octanol–water partition coefficient (Wildman–Crippen LogP) is 0.208. The highest BCUT2D eigenvalue weighted by Gasteiger charge is 2.48. The summed E-state index contributed by atoms with van der Waals surface area (Å²) in [6.45, 7) is 6.20. The van der Waals surface area contributed by atoms with E-state index in [1.54, 1.807) is 29.7 Å². The monoisotopic (exact) mass is 400 g/mol. The molecule has 2 atom stereocenters. The van der Waals surface area contributed by atoms with Gasteiger partial charge >= 0.3 is 5.69 Å². The van der Waals surface area contributed by atoms with Crippen LogP contribution in [0, 0.1) is 13.8 Å². The van der Waals surface area contributed by atoms with Gasteiger partial charge in [-0.2, -0.15) is 9.97 Å². The molecule has 2 aromatic rings. The van der Waals surface area contributed by atoms with E-state index in [-0.39, 0.29) is 43.4 Å². The van der Waals surface area contributed by atoms with Crippen LogP contribution in [0.25, 0.3) is 0 Å². The van der Waals surface area contributed by atoms with Crippen LogP contribution in [0.1, 0.15) is 42.9 Å². The quantitative estimate of drug-likeness (QED) is 0.704. The Labute approximate surface area is 167 Å². The number of rotatable bonds is 5. The molecule has 0 aromatic carbocycles. The SMILES string of the molecule is CCc1noc(CN2C(=O)C[C@H]3[C@@H]2CCN3C(=O)Cn2c(C)cc(C)nc2=O)n1. The summed E-state index contributed by atoms with van der Waals surface area (Å²) in [5, 5.41) is 3.87. The van der Waals surface area contributed by atoms with Gasteiger partial charge in [0.15, 0.2) is 5.82 Å². The minimum Gasteiger partial charge on any atom is -0.337 e. The fourth-order valence-corrected chi connectivity index (χ4v) is 4.28. The highest BCUT2D eigenvalue weighted by Crippen LogP contribution is 2.33. The first-order valence-electron chi connectivity index (χ1n) is 9.83. The van der Waals surface area contributed by atoms with Gasteiger partial charge in [0.05, 0.1) is 12.1 Å². The third-order valence-electron chi connectivity index (χ3n) is 5.71. The summed E-state index contributed by atoms with van der Waals surface area (Å²) in [4.78, 5) is 49.3. The van der Waals surface area contributed by atoms with Crippen LogP contribution in [0.3, 0.4) is 0 Å². The van der Waals surface area contributed by atoms with Crippen molar-refractivity contribution in [2.45, 2.75) is 65.2 Å². The predicted molar refractivity (Wildman–Crippen MR) is 101 cm³/mol. The van der Waals surface area contributed by atoms with Gasteiger partial charge in [-0.25, -0.2) is 4.79 Å². The molecule has 2 amide bonds. The van der Waals surface area contributed by atoms with Gasteiger partial charge in [0.25, 0.3) is 0 Å². The molecule has 0 spiro atoms. The molecule has 4 heterocycles. The van der Waals surface area contributed by atoms with Gasteiger partial charge in [-0.05, 0) is 26.3 Å². The molecule has 10 nitrogen and oxygen atoms in total.